The lowest BCUT2D eigenvalue weighted by atomic mass is 10.1. The van der Waals surface area contributed by atoms with Gasteiger partial charge in [-0.1, -0.05) is 0 Å². The van der Waals surface area contributed by atoms with Crippen LogP contribution < -0.4 is 11.3 Å². The lowest BCUT2D eigenvalue weighted by Gasteiger charge is -2.00. The van der Waals surface area contributed by atoms with Gasteiger partial charge in [0.1, 0.15) is 5.56 Å². The molecule has 1 amide bonds. The minimum atomic E-state index is -0.891. The normalized spacial score (nSPS) is 9.56. The van der Waals surface area contributed by atoms with Crippen molar-refractivity contribution in [2.75, 3.05) is 0 Å². The number of nitrogens with two attached hydrogens (primary N) is 1. The molecule has 9 heteroatoms. The van der Waals surface area contributed by atoms with E-state index in [4.69, 9.17) is 5.84 Å². The van der Waals surface area contributed by atoms with Crippen LogP contribution in [0.15, 0.2) is 18.2 Å². The van der Waals surface area contributed by atoms with E-state index < -0.39 is 27.1 Å². The van der Waals surface area contributed by atoms with E-state index in [0.717, 1.165) is 12.1 Å². The highest BCUT2D eigenvalue weighted by Gasteiger charge is 2.23. The molecule has 16 heavy (non-hydrogen) atoms. The van der Waals surface area contributed by atoms with E-state index in [1.165, 1.54) is 0 Å². The van der Waals surface area contributed by atoms with E-state index in [1.807, 2.05) is 0 Å². The number of nitrogens with one attached hydrogen (secondary N) is 1. The fraction of sp³-hybridized carbons (Fsp3) is 0. The van der Waals surface area contributed by atoms with Gasteiger partial charge >= 0.3 is 0 Å². The fourth-order valence-corrected chi connectivity index (χ4v) is 1.05. The number of benzene rings is 1. The zero-order chi connectivity index (χ0) is 12.3. The number of non-ortho nitro benzene ring substituents is 1. The van der Waals surface area contributed by atoms with Crippen molar-refractivity contribution >= 4 is 17.3 Å². The lowest BCUT2D eigenvalue weighted by Crippen LogP contribution is -2.30. The van der Waals surface area contributed by atoms with Gasteiger partial charge in [-0.3, -0.25) is 30.4 Å². The second kappa shape index (κ2) is 4.31. The van der Waals surface area contributed by atoms with Gasteiger partial charge in [-0.25, -0.2) is 5.84 Å². The first-order valence-electron chi connectivity index (χ1n) is 3.91. The fourth-order valence-electron chi connectivity index (χ4n) is 1.05. The first-order valence-corrected chi connectivity index (χ1v) is 3.91. The number of nitro benzene ring substituents is 2. The van der Waals surface area contributed by atoms with Crippen LogP contribution in [0.1, 0.15) is 10.4 Å². The molecule has 9 nitrogen and oxygen atoms in total. The third-order valence-corrected chi connectivity index (χ3v) is 1.76. The summed E-state index contributed by atoms with van der Waals surface area (Å²) < 4.78 is 0. The second-order valence-electron chi connectivity index (χ2n) is 2.69. The minimum Gasteiger partial charge on any atom is -0.290 e. The van der Waals surface area contributed by atoms with Crippen LogP contribution in [0.3, 0.4) is 0 Å². The number of carbonyl (C=O) groups excluding carboxylic acids is 1. The summed E-state index contributed by atoms with van der Waals surface area (Å²) in [5.41, 5.74) is 0.236. The first kappa shape index (κ1) is 11.5. The number of amides is 1. The van der Waals surface area contributed by atoms with Crippen LogP contribution in [0.4, 0.5) is 11.4 Å². The van der Waals surface area contributed by atoms with Crippen molar-refractivity contribution in [2.24, 2.45) is 5.84 Å². The molecule has 0 aliphatic carbocycles. The Hall–Kier alpha value is -2.55. The highest BCUT2D eigenvalue weighted by atomic mass is 16.6. The van der Waals surface area contributed by atoms with Crippen molar-refractivity contribution in [1.29, 1.82) is 0 Å². The van der Waals surface area contributed by atoms with Crippen LogP contribution in [0.5, 0.6) is 0 Å². The van der Waals surface area contributed by atoms with Crippen molar-refractivity contribution < 1.29 is 14.6 Å². The van der Waals surface area contributed by atoms with Gasteiger partial charge in [0.25, 0.3) is 17.3 Å². The van der Waals surface area contributed by atoms with Gasteiger partial charge in [0, 0.05) is 6.07 Å². The Morgan fingerprint density at radius 1 is 1.25 bits per heavy atom. The number of hydrogen-bond acceptors (Lipinski definition) is 6. The van der Waals surface area contributed by atoms with E-state index >= 15 is 0 Å². The molecule has 1 aromatic rings. The number of hydrogen-bond donors (Lipinski definition) is 2. The van der Waals surface area contributed by atoms with Gasteiger partial charge in [0.05, 0.1) is 15.9 Å². The summed E-state index contributed by atoms with van der Waals surface area (Å²) in [6, 6.07) is 2.65. The molecule has 0 aromatic heterocycles. The maximum Gasteiger partial charge on any atom is 0.289 e. The van der Waals surface area contributed by atoms with Gasteiger partial charge in [-0.05, 0) is 6.07 Å². The van der Waals surface area contributed by atoms with E-state index in [0.29, 0.717) is 6.07 Å². The maximum absolute atomic E-state index is 11.1. The van der Waals surface area contributed by atoms with E-state index in [-0.39, 0.29) is 5.56 Å². The molecule has 0 atom stereocenters. The SMILES string of the molecule is NNC(=O)c1ccc([N+](=O)[O-])cc1[N+](=O)[O-]. The summed E-state index contributed by atoms with van der Waals surface area (Å²) in [5.74, 6) is 3.93. The smallest absolute Gasteiger partial charge is 0.289 e. The minimum absolute atomic E-state index is 0.335. The Balaban J connectivity index is 3.36. The van der Waals surface area contributed by atoms with E-state index in [2.05, 4.69) is 0 Å². The van der Waals surface area contributed by atoms with Crippen LogP contribution in [-0.4, -0.2) is 15.8 Å². The van der Waals surface area contributed by atoms with Crippen molar-refractivity contribution in [3.8, 4) is 0 Å². The molecule has 0 heterocycles. The quantitative estimate of drug-likeness (QED) is 0.324. The zero-order valence-corrected chi connectivity index (χ0v) is 7.75. The standard InChI is InChI=1S/C7H6N4O5/c8-9-7(12)5-2-1-4(10(13)14)3-6(5)11(15)16/h1-3H,8H2,(H,9,12). The Kier molecular flexibility index (Phi) is 3.11. The van der Waals surface area contributed by atoms with Crippen molar-refractivity contribution in [3.05, 3.63) is 44.0 Å². The molecule has 1 rings (SSSR count). The summed E-state index contributed by atoms with van der Waals surface area (Å²) in [5, 5.41) is 21.0. The number of hydrazine groups is 1. The van der Waals surface area contributed by atoms with Crippen molar-refractivity contribution in [1.82, 2.24) is 5.43 Å². The topological polar surface area (TPSA) is 141 Å². The van der Waals surface area contributed by atoms with Crippen molar-refractivity contribution in [3.63, 3.8) is 0 Å². The average Bonchev–Trinajstić information content (AvgIpc) is 2.26. The molecule has 0 fully saturated rings. The van der Waals surface area contributed by atoms with Crippen molar-refractivity contribution in [2.45, 2.75) is 0 Å². The predicted molar refractivity (Wildman–Crippen MR) is 51.4 cm³/mol. The van der Waals surface area contributed by atoms with Crippen LogP contribution in [0, 0.1) is 20.2 Å². The molecular weight excluding hydrogens is 220 g/mol. The molecule has 0 saturated carbocycles. The highest BCUT2D eigenvalue weighted by molar-refractivity contribution is 5.98. The van der Waals surface area contributed by atoms with Gasteiger partial charge in [0.2, 0.25) is 0 Å². The number of rotatable bonds is 3. The van der Waals surface area contributed by atoms with Crippen LogP contribution in [0.25, 0.3) is 0 Å². The van der Waals surface area contributed by atoms with E-state index in [1.54, 1.807) is 5.43 Å². The molecule has 3 N–H and O–H groups in total. The van der Waals surface area contributed by atoms with Gasteiger partial charge in [0.15, 0.2) is 0 Å². The Labute approximate surface area is 88.1 Å². The third kappa shape index (κ3) is 2.09. The number of nitro groups is 2. The number of carbonyl (C=O) groups is 1. The van der Waals surface area contributed by atoms with Gasteiger partial charge in [-0.15, -0.1) is 0 Å². The molecule has 0 unspecified atom stereocenters. The van der Waals surface area contributed by atoms with E-state index in [9.17, 15) is 25.0 Å². The first-order chi connectivity index (χ1) is 7.47. The third-order valence-electron chi connectivity index (χ3n) is 1.76. The number of nitrogens with zero attached hydrogens (tertiary/aromatic N) is 2. The molecule has 0 spiro atoms. The number of nitrogen functional groups attached to an aromatic ring is 1. The summed E-state index contributed by atoms with van der Waals surface area (Å²) in [7, 11) is 0. The van der Waals surface area contributed by atoms with Gasteiger partial charge < -0.3 is 0 Å². The second-order valence-corrected chi connectivity index (χ2v) is 2.69. The van der Waals surface area contributed by atoms with Crippen LogP contribution in [0.2, 0.25) is 0 Å². The largest absolute Gasteiger partial charge is 0.290 e. The predicted octanol–water partition coefficient (Wildman–Crippen LogP) is 0.106. The molecule has 0 radical (unpaired) electrons. The summed E-state index contributed by atoms with van der Waals surface area (Å²) in [4.78, 5) is 30.4. The maximum atomic E-state index is 11.1. The summed E-state index contributed by atoms with van der Waals surface area (Å²) >= 11 is 0. The molecule has 1 aromatic carbocycles. The zero-order valence-electron chi connectivity index (χ0n) is 7.75. The molecule has 84 valence electrons. The lowest BCUT2D eigenvalue weighted by molar-refractivity contribution is -0.394. The highest BCUT2D eigenvalue weighted by Crippen LogP contribution is 2.24. The molecule has 0 saturated heterocycles. The van der Waals surface area contributed by atoms with Gasteiger partial charge in [-0.2, -0.15) is 0 Å². The average molecular weight is 226 g/mol. The monoisotopic (exact) mass is 226 g/mol. The Morgan fingerprint density at radius 2 is 1.88 bits per heavy atom. The Bertz CT molecular complexity index is 472. The van der Waals surface area contributed by atoms with Crippen LogP contribution >= 0.6 is 0 Å². The summed E-state index contributed by atoms with van der Waals surface area (Å²) in [6.07, 6.45) is 0. The van der Waals surface area contributed by atoms with Crippen LogP contribution in [-0.2, 0) is 0 Å². The molecule has 0 bridgehead atoms. The molecular formula is C7H6N4O5. The molecule has 0 aliphatic rings. The Morgan fingerprint density at radius 3 is 2.31 bits per heavy atom. The summed E-state index contributed by atoms with van der Waals surface area (Å²) in [6.45, 7) is 0. The molecule has 0 aliphatic heterocycles.